The third kappa shape index (κ3) is 2.56. The Bertz CT molecular complexity index is 383. The van der Waals surface area contributed by atoms with Crippen LogP contribution in [-0.2, 0) is 9.16 Å². The summed E-state index contributed by atoms with van der Waals surface area (Å²) in [4.78, 5) is 0. The first-order chi connectivity index (χ1) is 8.58. The van der Waals surface area contributed by atoms with Crippen LogP contribution in [0.3, 0.4) is 0 Å². The molecular formula is C15H28O3Si. The molecule has 1 N–H and O–H groups in total. The fraction of sp³-hybridized carbons (Fsp3) is 0.867. The van der Waals surface area contributed by atoms with E-state index in [1.54, 1.807) is 0 Å². The van der Waals surface area contributed by atoms with Gasteiger partial charge in [0.2, 0.25) is 0 Å². The van der Waals surface area contributed by atoms with Gasteiger partial charge in [-0.15, -0.1) is 0 Å². The summed E-state index contributed by atoms with van der Waals surface area (Å²) in [6.07, 6.45) is 3.05. The predicted molar refractivity (Wildman–Crippen MR) is 79.7 cm³/mol. The van der Waals surface area contributed by atoms with Crippen molar-refractivity contribution in [2.75, 3.05) is 13.2 Å². The Labute approximate surface area is 118 Å². The van der Waals surface area contributed by atoms with Crippen LogP contribution in [0.1, 0.15) is 34.1 Å². The van der Waals surface area contributed by atoms with Gasteiger partial charge in [0.1, 0.15) is 5.60 Å². The third-order valence-electron chi connectivity index (χ3n) is 5.24. The number of hydrogen-bond donors (Lipinski definition) is 1. The van der Waals surface area contributed by atoms with Crippen LogP contribution in [-0.4, -0.2) is 38.3 Å². The van der Waals surface area contributed by atoms with Crippen LogP contribution in [0.15, 0.2) is 11.6 Å². The van der Waals surface area contributed by atoms with Crippen LogP contribution >= 0.6 is 0 Å². The van der Waals surface area contributed by atoms with Gasteiger partial charge in [-0.1, -0.05) is 26.8 Å². The van der Waals surface area contributed by atoms with Gasteiger partial charge < -0.3 is 14.3 Å². The molecule has 1 fully saturated rings. The van der Waals surface area contributed by atoms with E-state index in [2.05, 4.69) is 39.9 Å². The molecule has 19 heavy (non-hydrogen) atoms. The molecule has 0 bridgehead atoms. The van der Waals surface area contributed by atoms with Crippen LogP contribution in [0.5, 0.6) is 0 Å². The molecule has 4 heteroatoms. The van der Waals surface area contributed by atoms with Gasteiger partial charge in [0.25, 0.3) is 0 Å². The number of ether oxygens (including phenoxy) is 1. The van der Waals surface area contributed by atoms with E-state index >= 15 is 0 Å². The van der Waals surface area contributed by atoms with Gasteiger partial charge in [-0.25, -0.2) is 0 Å². The van der Waals surface area contributed by atoms with Gasteiger partial charge in [-0.2, -0.15) is 0 Å². The molecule has 0 aromatic rings. The van der Waals surface area contributed by atoms with E-state index in [0.717, 1.165) is 18.6 Å². The van der Waals surface area contributed by atoms with E-state index < -0.39 is 13.9 Å². The minimum Gasteiger partial charge on any atom is -0.410 e. The lowest BCUT2D eigenvalue weighted by Gasteiger charge is -2.43. The van der Waals surface area contributed by atoms with E-state index in [0.29, 0.717) is 6.61 Å². The van der Waals surface area contributed by atoms with Crippen LogP contribution in [0.4, 0.5) is 0 Å². The normalized spacial score (nSPS) is 36.1. The molecule has 0 radical (unpaired) electrons. The zero-order valence-electron chi connectivity index (χ0n) is 13.1. The lowest BCUT2D eigenvalue weighted by Crippen LogP contribution is -2.51. The fourth-order valence-electron chi connectivity index (χ4n) is 2.77. The van der Waals surface area contributed by atoms with Crippen LogP contribution in [0.25, 0.3) is 0 Å². The largest absolute Gasteiger partial charge is 0.410 e. The number of fused-ring (bicyclic) bond motifs is 1. The molecule has 2 rings (SSSR count). The maximum Gasteiger partial charge on any atom is 0.192 e. The summed E-state index contributed by atoms with van der Waals surface area (Å²) in [5, 5.41) is 11.0. The van der Waals surface area contributed by atoms with E-state index in [1.165, 1.54) is 0 Å². The zero-order chi connectivity index (χ0) is 14.5. The average molecular weight is 284 g/mol. The Kier molecular flexibility index (Phi) is 3.76. The summed E-state index contributed by atoms with van der Waals surface area (Å²) in [5.74, 6) is 0.162. The van der Waals surface area contributed by atoms with Crippen molar-refractivity contribution in [1.29, 1.82) is 0 Å². The third-order valence-corrected chi connectivity index (χ3v) is 9.71. The molecule has 0 amide bonds. The highest BCUT2D eigenvalue weighted by Gasteiger charge is 2.52. The van der Waals surface area contributed by atoms with Gasteiger partial charge in [-0.3, -0.25) is 0 Å². The summed E-state index contributed by atoms with van der Waals surface area (Å²) in [6.45, 7) is 14.4. The predicted octanol–water partition coefficient (Wildman–Crippen LogP) is 3.10. The molecule has 0 spiro atoms. The van der Waals surface area contributed by atoms with Gasteiger partial charge in [0, 0.05) is 12.5 Å². The molecule has 110 valence electrons. The Hall–Kier alpha value is -0.163. The highest BCUT2D eigenvalue weighted by molar-refractivity contribution is 6.74. The van der Waals surface area contributed by atoms with Gasteiger partial charge in [0.05, 0.1) is 12.7 Å². The molecule has 1 aliphatic carbocycles. The van der Waals surface area contributed by atoms with Crippen LogP contribution < -0.4 is 0 Å². The molecule has 3 atom stereocenters. The zero-order valence-corrected chi connectivity index (χ0v) is 14.1. The first-order valence-corrected chi connectivity index (χ1v) is 10.2. The number of aliphatic hydroxyl groups is 1. The molecule has 0 aromatic heterocycles. The first kappa shape index (κ1) is 15.2. The SMILES string of the molecule is CC1=C[C@H](O[Si](C)(C)C(C)(C)C)[C@@H]2CCOC[C@]12O. The molecule has 1 heterocycles. The molecule has 1 saturated heterocycles. The van der Waals surface area contributed by atoms with Crippen molar-refractivity contribution in [3.05, 3.63) is 11.6 Å². The molecule has 0 aromatic carbocycles. The van der Waals surface area contributed by atoms with E-state index in [4.69, 9.17) is 9.16 Å². The number of hydrogen-bond acceptors (Lipinski definition) is 3. The molecule has 0 unspecified atom stereocenters. The first-order valence-electron chi connectivity index (χ1n) is 7.25. The monoisotopic (exact) mass is 284 g/mol. The number of rotatable bonds is 2. The van der Waals surface area contributed by atoms with Gasteiger partial charge in [0.15, 0.2) is 8.32 Å². The molecule has 1 aliphatic heterocycles. The van der Waals surface area contributed by atoms with Crippen LogP contribution in [0, 0.1) is 5.92 Å². The fourth-order valence-corrected chi connectivity index (χ4v) is 4.03. The maximum atomic E-state index is 10.8. The maximum absolute atomic E-state index is 10.8. The van der Waals surface area contributed by atoms with Crippen molar-refractivity contribution in [3.63, 3.8) is 0 Å². The Morgan fingerprint density at radius 3 is 2.63 bits per heavy atom. The van der Waals surface area contributed by atoms with Crippen LogP contribution in [0.2, 0.25) is 18.1 Å². The molecule has 2 aliphatic rings. The summed E-state index contributed by atoms with van der Waals surface area (Å²) in [5.41, 5.74) is 0.214. The van der Waals surface area contributed by atoms with Crippen molar-refractivity contribution in [2.45, 2.75) is 64.0 Å². The Balaban J connectivity index is 2.19. The van der Waals surface area contributed by atoms with Crippen molar-refractivity contribution in [2.24, 2.45) is 5.92 Å². The second kappa shape index (κ2) is 4.69. The molecule has 3 nitrogen and oxygen atoms in total. The Morgan fingerprint density at radius 2 is 2.05 bits per heavy atom. The smallest absolute Gasteiger partial charge is 0.192 e. The van der Waals surface area contributed by atoms with E-state index in [-0.39, 0.29) is 17.1 Å². The summed E-state index contributed by atoms with van der Waals surface area (Å²) in [7, 11) is -1.81. The van der Waals surface area contributed by atoms with E-state index in [1.807, 2.05) is 6.92 Å². The Morgan fingerprint density at radius 1 is 1.42 bits per heavy atom. The molecular weight excluding hydrogens is 256 g/mol. The minimum atomic E-state index is -1.81. The minimum absolute atomic E-state index is 0.0507. The topological polar surface area (TPSA) is 38.7 Å². The van der Waals surface area contributed by atoms with Crippen molar-refractivity contribution < 1.29 is 14.3 Å². The highest BCUT2D eigenvalue weighted by atomic mass is 28.4. The van der Waals surface area contributed by atoms with Crippen molar-refractivity contribution in [3.8, 4) is 0 Å². The molecule has 0 saturated carbocycles. The highest BCUT2D eigenvalue weighted by Crippen LogP contribution is 2.45. The van der Waals surface area contributed by atoms with Crippen molar-refractivity contribution in [1.82, 2.24) is 0 Å². The van der Waals surface area contributed by atoms with Crippen molar-refractivity contribution >= 4 is 8.32 Å². The second-order valence-electron chi connectivity index (χ2n) is 7.56. The lowest BCUT2D eigenvalue weighted by molar-refractivity contribution is -0.112. The summed E-state index contributed by atoms with van der Waals surface area (Å²) < 4.78 is 12.0. The van der Waals surface area contributed by atoms with E-state index in [9.17, 15) is 5.11 Å². The quantitative estimate of drug-likeness (QED) is 0.625. The van der Waals surface area contributed by atoms with Gasteiger partial charge in [-0.05, 0) is 37.0 Å². The second-order valence-corrected chi connectivity index (χ2v) is 12.3. The summed E-state index contributed by atoms with van der Waals surface area (Å²) in [6, 6.07) is 0. The summed E-state index contributed by atoms with van der Waals surface area (Å²) >= 11 is 0. The average Bonchev–Trinajstić information content (AvgIpc) is 2.49. The van der Waals surface area contributed by atoms with Gasteiger partial charge >= 0.3 is 0 Å². The standard InChI is InChI=1S/C15H28O3Si/c1-11-9-13(18-19(5,6)14(2,3)4)12-7-8-17-10-15(11,12)16/h9,12-13,16H,7-8,10H2,1-6H3/t12-,13-,15-/m0/s1. The lowest BCUT2D eigenvalue weighted by atomic mass is 9.82.